The molecule has 0 saturated heterocycles. The molecule has 0 spiro atoms. The summed E-state index contributed by atoms with van der Waals surface area (Å²) in [5, 5.41) is 0. The van der Waals surface area contributed by atoms with E-state index in [1.165, 1.54) is 0 Å². The Morgan fingerprint density at radius 3 is 0.592 bits per heavy atom. The van der Waals surface area contributed by atoms with Crippen LogP contribution in [0, 0.1) is 0 Å². The van der Waals surface area contributed by atoms with Gasteiger partial charge in [-0.3, -0.25) is 0 Å². The van der Waals surface area contributed by atoms with Gasteiger partial charge in [0.05, 0.1) is 0 Å². The maximum absolute atomic E-state index is 16.6. The number of rotatable bonds is 18. The standard InChI is InChI=1S/3C20H16O2.C4H9.Sn/c3*21-19(22)20(16-10-4-1-5-11-16,17-12-6-2-7-13-17)18-14-8-3-9-15-18;1-3-4-2;/h3*1-15H,(H,21,22);1,3-4H2,2H3;/q;;;;+3/p-3. The number of benzene rings is 9. The Morgan fingerprint density at radius 2 is 0.451 bits per heavy atom. The maximum atomic E-state index is 16.6. The van der Waals surface area contributed by atoms with Crippen molar-refractivity contribution in [1.29, 1.82) is 0 Å². The number of hydrogen-bond donors (Lipinski definition) is 0. The van der Waals surface area contributed by atoms with E-state index in [0.29, 0.717) is 62.9 Å². The van der Waals surface area contributed by atoms with Gasteiger partial charge in [-0.2, -0.15) is 0 Å². The van der Waals surface area contributed by atoms with Crippen molar-refractivity contribution in [1.82, 2.24) is 0 Å². The Hall–Kier alpha value is -7.81. The second-order valence-electron chi connectivity index (χ2n) is 17.5. The van der Waals surface area contributed by atoms with Crippen LogP contribution in [0.3, 0.4) is 0 Å². The van der Waals surface area contributed by atoms with Gasteiger partial charge in [0.1, 0.15) is 0 Å². The first-order valence-electron chi connectivity index (χ1n) is 24.1. The molecule has 350 valence electrons. The van der Waals surface area contributed by atoms with E-state index >= 15 is 14.4 Å². The zero-order valence-electron chi connectivity index (χ0n) is 39.6. The third-order valence-electron chi connectivity index (χ3n) is 13.4. The molecule has 0 aliphatic heterocycles. The molecule has 0 unspecified atom stereocenters. The first kappa shape index (κ1) is 48.2. The van der Waals surface area contributed by atoms with Crippen LogP contribution in [0.5, 0.6) is 0 Å². The van der Waals surface area contributed by atoms with Crippen molar-refractivity contribution in [2.45, 2.75) is 40.4 Å². The van der Waals surface area contributed by atoms with E-state index in [-0.39, 0.29) is 4.44 Å². The van der Waals surface area contributed by atoms with Gasteiger partial charge < -0.3 is 0 Å². The topological polar surface area (TPSA) is 78.9 Å². The zero-order valence-corrected chi connectivity index (χ0v) is 42.4. The SMILES string of the molecule is CCC[CH2][Sn]([O]C(=O)C(c1ccccc1)(c1ccccc1)c1ccccc1)([O]C(=O)C(c1ccccc1)(c1ccccc1)c1ccccc1)[O]C(=O)C(c1ccccc1)(c1ccccc1)c1ccccc1. The second kappa shape index (κ2) is 21.9. The van der Waals surface area contributed by atoms with Crippen molar-refractivity contribution >= 4 is 37.5 Å². The van der Waals surface area contributed by atoms with Gasteiger partial charge in [0.25, 0.3) is 0 Å². The zero-order chi connectivity index (χ0) is 49.0. The molecular formula is C64H54O6Sn. The Morgan fingerprint density at radius 1 is 0.296 bits per heavy atom. The first-order valence-corrected chi connectivity index (χ1v) is 29.6. The summed E-state index contributed by atoms with van der Waals surface area (Å²) in [5.41, 5.74) is 0.715. The van der Waals surface area contributed by atoms with Crippen LogP contribution in [0.15, 0.2) is 273 Å². The predicted octanol–water partition coefficient (Wildman–Crippen LogP) is 13.5. The number of carbonyl (C=O) groups is 3. The van der Waals surface area contributed by atoms with E-state index in [9.17, 15) is 0 Å². The molecule has 0 bridgehead atoms. The second-order valence-corrected chi connectivity index (χ2v) is 24.6. The summed E-state index contributed by atoms with van der Waals surface area (Å²) in [7, 11) is 0. The summed E-state index contributed by atoms with van der Waals surface area (Å²) in [4.78, 5) is 49.7. The molecule has 9 aromatic carbocycles. The molecule has 9 aromatic rings. The van der Waals surface area contributed by atoms with Crippen molar-refractivity contribution in [2.75, 3.05) is 0 Å². The van der Waals surface area contributed by atoms with Crippen LogP contribution in [-0.2, 0) is 39.9 Å². The monoisotopic (exact) mass is 1040 g/mol. The summed E-state index contributed by atoms with van der Waals surface area (Å²) < 4.78 is 21.9. The van der Waals surface area contributed by atoms with Gasteiger partial charge in [-0.05, 0) is 0 Å². The predicted molar refractivity (Wildman–Crippen MR) is 281 cm³/mol. The van der Waals surface area contributed by atoms with Crippen LogP contribution in [-0.4, -0.2) is 37.5 Å². The van der Waals surface area contributed by atoms with E-state index < -0.39 is 53.8 Å². The Kier molecular flexibility index (Phi) is 14.9. The van der Waals surface area contributed by atoms with E-state index in [4.69, 9.17) is 9.22 Å². The fraction of sp³-hybridized carbons (Fsp3) is 0.109. The summed E-state index contributed by atoms with van der Waals surface area (Å²) in [5.74, 6) is -2.20. The molecule has 6 nitrogen and oxygen atoms in total. The number of unbranched alkanes of at least 4 members (excludes halogenated alkanes) is 1. The van der Waals surface area contributed by atoms with Crippen LogP contribution in [0.2, 0.25) is 4.44 Å². The summed E-state index contributed by atoms with van der Waals surface area (Å²) in [6.07, 6.45) is 1.01. The van der Waals surface area contributed by atoms with Gasteiger partial charge in [-0.25, -0.2) is 0 Å². The molecule has 71 heavy (non-hydrogen) atoms. The van der Waals surface area contributed by atoms with Crippen molar-refractivity contribution in [3.63, 3.8) is 0 Å². The quantitative estimate of drug-likeness (QED) is 0.0629. The van der Waals surface area contributed by atoms with Gasteiger partial charge in [0, 0.05) is 0 Å². The Balaban J connectivity index is 1.34. The molecule has 7 heteroatoms. The molecule has 0 heterocycles. The number of hydrogen-bond acceptors (Lipinski definition) is 6. The van der Waals surface area contributed by atoms with Crippen molar-refractivity contribution in [3.05, 3.63) is 323 Å². The molecule has 0 fully saturated rings. The van der Waals surface area contributed by atoms with Gasteiger partial charge in [-0.1, -0.05) is 0 Å². The summed E-state index contributed by atoms with van der Waals surface area (Å²) >= 11 is -6.30. The Bertz CT molecular complexity index is 2500. The molecule has 0 atom stereocenters. The van der Waals surface area contributed by atoms with Crippen LogP contribution in [0.25, 0.3) is 0 Å². The van der Waals surface area contributed by atoms with Crippen LogP contribution in [0.1, 0.15) is 69.8 Å². The van der Waals surface area contributed by atoms with Crippen molar-refractivity contribution in [2.24, 2.45) is 0 Å². The van der Waals surface area contributed by atoms with E-state index in [2.05, 4.69) is 0 Å². The fourth-order valence-electron chi connectivity index (χ4n) is 10.0. The molecule has 0 aromatic heterocycles. The average molecular weight is 1040 g/mol. The molecule has 0 amide bonds. The molecule has 0 N–H and O–H groups in total. The fourth-order valence-corrected chi connectivity index (χ4v) is 17.2. The van der Waals surface area contributed by atoms with E-state index in [1.807, 2.05) is 280 Å². The van der Waals surface area contributed by atoms with E-state index in [0.717, 1.165) is 0 Å². The molecular weight excluding hydrogens is 983 g/mol. The van der Waals surface area contributed by atoms with Gasteiger partial charge in [0.15, 0.2) is 0 Å². The molecule has 9 rings (SSSR count). The van der Waals surface area contributed by atoms with Crippen LogP contribution in [0.4, 0.5) is 0 Å². The minimum atomic E-state index is -6.30. The molecule has 0 radical (unpaired) electrons. The van der Waals surface area contributed by atoms with Gasteiger partial charge in [0.2, 0.25) is 0 Å². The van der Waals surface area contributed by atoms with Crippen LogP contribution >= 0.6 is 0 Å². The molecule has 0 aliphatic carbocycles. The normalized spacial score (nSPS) is 11.8. The van der Waals surface area contributed by atoms with Crippen molar-refractivity contribution < 1.29 is 23.6 Å². The summed E-state index contributed by atoms with van der Waals surface area (Å²) in [6.45, 7) is 2.01. The van der Waals surface area contributed by atoms with Crippen LogP contribution < -0.4 is 0 Å². The van der Waals surface area contributed by atoms with Gasteiger partial charge >= 0.3 is 425 Å². The van der Waals surface area contributed by atoms with E-state index in [1.54, 1.807) is 0 Å². The average Bonchev–Trinajstić information content (AvgIpc) is 3.44. The molecule has 0 aliphatic rings. The van der Waals surface area contributed by atoms with Crippen molar-refractivity contribution in [3.8, 4) is 0 Å². The molecule has 0 saturated carbocycles. The summed E-state index contributed by atoms with van der Waals surface area (Å²) in [6, 6.07) is 85.3. The third-order valence-corrected chi connectivity index (χ3v) is 20.4. The van der Waals surface area contributed by atoms with Gasteiger partial charge in [-0.15, -0.1) is 0 Å². The minimum absolute atomic E-state index is 0.00819. The number of carbonyl (C=O) groups excluding carboxylic acids is 3. The third kappa shape index (κ3) is 9.24. The first-order chi connectivity index (χ1) is 34.9. The Labute approximate surface area is 422 Å².